The largest absolute Gasteiger partial charge is 0.370 e. The summed E-state index contributed by atoms with van der Waals surface area (Å²) in [5.74, 6) is 0. The smallest absolute Gasteiger partial charge is 0.114 e. The van der Waals surface area contributed by atoms with Crippen molar-refractivity contribution in [3.63, 3.8) is 0 Å². The number of nitriles is 1. The van der Waals surface area contributed by atoms with E-state index >= 15 is 0 Å². The average Bonchev–Trinajstić information content (AvgIpc) is 2.34. The molecule has 0 amide bonds. The number of para-hydroxylation sites is 1. The molecule has 0 bridgehead atoms. The fourth-order valence-electron chi connectivity index (χ4n) is 1.68. The summed E-state index contributed by atoms with van der Waals surface area (Å²) in [6.45, 7) is 2.20. The van der Waals surface area contributed by atoms with Crippen LogP contribution in [0.25, 0.3) is 0 Å². The minimum atomic E-state index is -0.0562. The second-order valence-corrected chi connectivity index (χ2v) is 4.04. The maximum Gasteiger partial charge on any atom is 0.114 e. The van der Waals surface area contributed by atoms with Crippen molar-refractivity contribution in [3.05, 3.63) is 30.3 Å². The summed E-state index contributed by atoms with van der Waals surface area (Å²) in [7, 11) is 0. The highest BCUT2D eigenvalue weighted by atomic mass is 14.9. The number of rotatable bonds is 7. The quantitative estimate of drug-likeness (QED) is 0.700. The van der Waals surface area contributed by atoms with Crippen molar-refractivity contribution in [2.75, 3.05) is 5.32 Å². The number of anilines is 1. The Morgan fingerprint density at radius 1 is 1.19 bits per heavy atom. The molecule has 0 heterocycles. The van der Waals surface area contributed by atoms with Crippen LogP contribution in [0, 0.1) is 11.3 Å². The Balaban J connectivity index is 2.30. The second kappa shape index (κ2) is 7.76. The molecule has 0 spiro atoms. The van der Waals surface area contributed by atoms with Crippen molar-refractivity contribution in [1.29, 1.82) is 5.26 Å². The number of hydrogen-bond donors (Lipinski definition) is 1. The van der Waals surface area contributed by atoms with E-state index in [-0.39, 0.29) is 6.04 Å². The van der Waals surface area contributed by atoms with Gasteiger partial charge in [0.15, 0.2) is 0 Å². The van der Waals surface area contributed by atoms with Gasteiger partial charge >= 0.3 is 0 Å². The maximum atomic E-state index is 9.03. The first kappa shape index (κ1) is 12.6. The summed E-state index contributed by atoms with van der Waals surface area (Å²) >= 11 is 0. The molecule has 2 nitrogen and oxygen atoms in total. The van der Waals surface area contributed by atoms with Crippen molar-refractivity contribution in [2.45, 2.75) is 45.1 Å². The van der Waals surface area contributed by atoms with Crippen molar-refractivity contribution in [2.24, 2.45) is 0 Å². The van der Waals surface area contributed by atoms with Crippen LogP contribution < -0.4 is 5.32 Å². The van der Waals surface area contributed by atoms with Gasteiger partial charge in [0.1, 0.15) is 6.04 Å². The maximum absolute atomic E-state index is 9.03. The van der Waals surface area contributed by atoms with Gasteiger partial charge in [-0.2, -0.15) is 5.26 Å². The third-order valence-electron chi connectivity index (χ3n) is 2.62. The molecule has 1 aromatic carbocycles. The van der Waals surface area contributed by atoms with Gasteiger partial charge in [-0.05, 0) is 18.6 Å². The summed E-state index contributed by atoms with van der Waals surface area (Å²) in [5, 5.41) is 12.3. The summed E-state index contributed by atoms with van der Waals surface area (Å²) in [6.07, 6.45) is 5.80. The monoisotopic (exact) mass is 216 g/mol. The van der Waals surface area contributed by atoms with Crippen LogP contribution in [0.5, 0.6) is 0 Å². The van der Waals surface area contributed by atoms with Gasteiger partial charge < -0.3 is 5.32 Å². The molecule has 0 aliphatic carbocycles. The molecule has 86 valence electrons. The fraction of sp³-hybridized carbons (Fsp3) is 0.500. The highest BCUT2D eigenvalue weighted by Gasteiger charge is 2.05. The molecule has 0 aromatic heterocycles. The summed E-state index contributed by atoms with van der Waals surface area (Å²) in [4.78, 5) is 0. The predicted molar refractivity (Wildman–Crippen MR) is 68.2 cm³/mol. The van der Waals surface area contributed by atoms with E-state index in [1.807, 2.05) is 30.3 Å². The molecule has 1 unspecified atom stereocenters. The van der Waals surface area contributed by atoms with Gasteiger partial charge in [0.25, 0.3) is 0 Å². The summed E-state index contributed by atoms with van der Waals surface area (Å²) in [6, 6.07) is 12.2. The Morgan fingerprint density at radius 3 is 2.56 bits per heavy atom. The van der Waals surface area contributed by atoms with Crippen molar-refractivity contribution < 1.29 is 0 Å². The van der Waals surface area contributed by atoms with Gasteiger partial charge in [0, 0.05) is 5.69 Å². The molecular weight excluding hydrogens is 196 g/mol. The molecule has 16 heavy (non-hydrogen) atoms. The standard InChI is InChI=1S/C14H20N2/c1-2-3-4-6-11-14(12-15)16-13-9-7-5-8-10-13/h5,7-10,14,16H,2-4,6,11H2,1H3. The third kappa shape index (κ3) is 4.84. The highest BCUT2D eigenvalue weighted by Crippen LogP contribution is 2.11. The van der Waals surface area contributed by atoms with E-state index in [2.05, 4.69) is 18.3 Å². The van der Waals surface area contributed by atoms with Crippen LogP contribution in [0.4, 0.5) is 5.69 Å². The minimum Gasteiger partial charge on any atom is -0.370 e. The number of nitrogens with zero attached hydrogens (tertiary/aromatic N) is 1. The lowest BCUT2D eigenvalue weighted by atomic mass is 10.1. The lowest BCUT2D eigenvalue weighted by Crippen LogP contribution is -2.16. The Hall–Kier alpha value is -1.49. The molecule has 0 saturated heterocycles. The first-order chi connectivity index (χ1) is 7.86. The molecule has 1 aromatic rings. The van der Waals surface area contributed by atoms with Gasteiger partial charge in [-0.15, -0.1) is 0 Å². The van der Waals surface area contributed by atoms with E-state index in [0.717, 1.165) is 18.5 Å². The first-order valence-electron chi connectivity index (χ1n) is 6.08. The number of unbranched alkanes of at least 4 members (excludes halogenated alkanes) is 3. The topological polar surface area (TPSA) is 35.8 Å². The molecule has 1 atom stereocenters. The van der Waals surface area contributed by atoms with Crippen LogP contribution in [-0.2, 0) is 0 Å². The lowest BCUT2D eigenvalue weighted by Gasteiger charge is -2.12. The first-order valence-corrected chi connectivity index (χ1v) is 6.08. The van der Waals surface area contributed by atoms with Crippen molar-refractivity contribution in [1.82, 2.24) is 0 Å². The fourth-order valence-corrected chi connectivity index (χ4v) is 1.68. The second-order valence-electron chi connectivity index (χ2n) is 4.04. The normalized spacial score (nSPS) is 11.8. The Kier molecular flexibility index (Phi) is 6.10. The van der Waals surface area contributed by atoms with Crippen LogP contribution in [0.2, 0.25) is 0 Å². The van der Waals surface area contributed by atoms with E-state index in [1.165, 1.54) is 19.3 Å². The van der Waals surface area contributed by atoms with Crippen LogP contribution in [0.1, 0.15) is 39.0 Å². The Morgan fingerprint density at radius 2 is 1.94 bits per heavy atom. The zero-order valence-electron chi connectivity index (χ0n) is 9.95. The van der Waals surface area contributed by atoms with Crippen LogP contribution in [0.15, 0.2) is 30.3 Å². The summed E-state index contributed by atoms with van der Waals surface area (Å²) < 4.78 is 0. The van der Waals surface area contributed by atoms with E-state index in [1.54, 1.807) is 0 Å². The van der Waals surface area contributed by atoms with Crippen molar-refractivity contribution in [3.8, 4) is 6.07 Å². The molecule has 0 saturated carbocycles. The molecule has 2 heteroatoms. The summed E-state index contributed by atoms with van der Waals surface area (Å²) in [5.41, 5.74) is 1.03. The highest BCUT2D eigenvalue weighted by molar-refractivity contribution is 5.44. The predicted octanol–water partition coefficient (Wildman–Crippen LogP) is 3.96. The average molecular weight is 216 g/mol. The zero-order valence-corrected chi connectivity index (χ0v) is 9.95. The van der Waals surface area contributed by atoms with Gasteiger partial charge in [-0.25, -0.2) is 0 Å². The molecule has 0 fully saturated rings. The van der Waals surface area contributed by atoms with Crippen molar-refractivity contribution >= 4 is 5.69 Å². The van der Waals surface area contributed by atoms with E-state index in [0.29, 0.717) is 0 Å². The molecule has 0 radical (unpaired) electrons. The van der Waals surface area contributed by atoms with Crippen LogP contribution >= 0.6 is 0 Å². The molecular formula is C14H20N2. The number of benzene rings is 1. The third-order valence-corrected chi connectivity index (χ3v) is 2.62. The number of hydrogen-bond acceptors (Lipinski definition) is 2. The zero-order chi connectivity index (χ0) is 11.6. The van der Waals surface area contributed by atoms with Gasteiger partial charge in [0.05, 0.1) is 6.07 Å². The van der Waals surface area contributed by atoms with Gasteiger partial charge in [-0.1, -0.05) is 50.8 Å². The van der Waals surface area contributed by atoms with E-state index in [9.17, 15) is 0 Å². The van der Waals surface area contributed by atoms with Crippen LogP contribution in [0.3, 0.4) is 0 Å². The SMILES string of the molecule is CCCCCCC(C#N)Nc1ccccc1. The number of nitrogens with one attached hydrogen (secondary N) is 1. The molecule has 0 aliphatic heterocycles. The molecule has 0 aliphatic rings. The van der Waals surface area contributed by atoms with Gasteiger partial charge in [0.2, 0.25) is 0 Å². The van der Waals surface area contributed by atoms with E-state index in [4.69, 9.17) is 5.26 Å². The lowest BCUT2D eigenvalue weighted by molar-refractivity contribution is 0.618. The molecule has 1 rings (SSSR count). The Labute approximate surface area is 98.3 Å². The molecule has 1 N–H and O–H groups in total. The van der Waals surface area contributed by atoms with Gasteiger partial charge in [-0.3, -0.25) is 0 Å². The minimum absolute atomic E-state index is 0.0562. The Bertz CT molecular complexity index is 313. The van der Waals surface area contributed by atoms with E-state index < -0.39 is 0 Å². The van der Waals surface area contributed by atoms with Crippen LogP contribution in [-0.4, -0.2) is 6.04 Å².